The SMILES string of the molecule is CN1CC(CN)[C@@H]2OC[C@@H]21. The molecule has 58 valence electrons. The van der Waals surface area contributed by atoms with Crippen LogP contribution in [0.4, 0.5) is 0 Å². The molecule has 2 N–H and O–H groups in total. The van der Waals surface area contributed by atoms with Gasteiger partial charge in [0.1, 0.15) is 0 Å². The Hall–Kier alpha value is -0.120. The van der Waals surface area contributed by atoms with Crippen LogP contribution in [0.5, 0.6) is 0 Å². The summed E-state index contributed by atoms with van der Waals surface area (Å²) in [6.07, 6.45) is 0.454. The molecule has 3 atom stereocenters. The molecule has 0 bridgehead atoms. The molecule has 0 aromatic rings. The molecular weight excluding hydrogens is 128 g/mol. The molecule has 1 unspecified atom stereocenters. The molecular formula is C7H14N2O. The van der Waals surface area contributed by atoms with Crippen molar-refractivity contribution in [3.8, 4) is 0 Å². The van der Waals surface area contributed by atoms with Crippen molar-refractivity contribution in [3.05, 3.63) is 0 Å². The highest BCUT2D eigenvalue weighted by Crippen LogP contribution is 2.31. The molecule has 0 spiro atoms. The lowest BCUT2D eigenvalue weighted by Crippen LogP contribution is -2.50. The van der Waals surface area contributed by atoms with Crippen molar-refractivity contribution < 1.29 is 4.74 Å². The minimum Gasteiger partial charge on any atom is -0.374 e. The first-order valence-electron chi connectivity index (χ1n) is 3.85. The van der Waals surface area contributed by atoms with Crippen molar-refractivity contribution in [2.45, 2.75) is 12.1 Å². The fourth-order valence-corrected chi connectivity index (χ4v) is 1.94. The van der Waals surface area contributed by atoms with E-state index in [0.717, 1.165) is 19.7 Å². The lowest BCUT2D eigenvalue weighted by Gasteiger charge is -2.35. The first-order chi connectivity index (χ1) is 4.83. The van der Waals surface area contributed by atoms with Gasteiger partial charge in [-0.2, -0.15) is 0 Å². The summed E-state index contributed by atoms with van der Waals surface area (Å²) in [5.74, 6) is 0.587. The number of nitrogens with zero attached hydrogens (tertiary/aromatic N) is 1. The molecule has 2 aliphatic heterocycles. The summed E-state index contributed by atoms with van der Waals surface area (Å²) in [7, 11) is 2.15. The highest BCUT2D eigenvalue weighted by Gasteiger charge is 2.46. The van der Waals surface area contributed by atoms with E-state index in [1.54, 1.807) is 0 Å². The Balaban J connectivity index is 2.02. The number of likely N-dealkylation sites (N-methyl/N-ethyl adjacent to an activating group) is 1. The largest absolute Gasteiger partial charge is 0.374 e. The van der Waals surface area contributed by atoms with Crippen molar-refractivity contribution in [2.24, 2.45) is 11.7 Å². The van der Waals surface area contributed by atoms with Crippen molar-refractivity contribution in [2.75, 3.05) is 26.7 Å². The van der Waals surface area contributed by atoms with E-state index in [0.29, 0.717) is 18.1 Å². The number of likely N-dealkylation sites (tertiary alicyclic amines) is 1. The maximum Gasteiger partial charge on any atom is 0.0805 e. The van der Waals surface area contributed by atoms with Crippen molar-refractivity contribution in [1.82, 2.24) is 4.90 Å². The minimum atomic E-state index is 0.454. The Morgan fingerprint density at radius 1 is 1.70 bits per heavy atom. The Labute approximate surface area is 61.1 Å². The van der Waals surface area contributed by atoms with Crippen LogP contribution < -0.4 is 5.73 Å². The first-order valence-corrected chi connectivity index (χ1v) is 3.85. The van der Waals surface area contributed by atoms with E-state index >= 15 is 0 Å². The van der Waals surface area contributed by atoms with Gasteiger partial charge in [-0.1, -0.05) is 0 Å². The highest BCUT2D eigenvalue weighted by atomic mass is 16.5. The summed E-state index contributed by atoms with van der Waals surface area (Å²) in [5.41, 5.74) is 5.58. The second-order valence-electron chi connectivity index (χ2n) is 3.30. The fraction of sp³-hybridized carbons (Fsp3) is 1.00. The topological polar surface area (TPSA) is 38.5 Å². The smallest absolute Gasteiger partial charge is 0.0805 e. The van der Waals surface area contributed by atoms with Crippen molar-refractivity contribution in [3.63, 3.8) is 0 Å². The third-order valence-corrected chi connectivity index (χ3v) is 2.69. The van der Waals surface area contributed by atoms with Gasteiger partial charge in [0.05, 0.1) is 18.8 Å². The molecule has 3 heteroatoms. The van der Waals surface area contributed by atoms with Crippen LogP contribution in [-0.4, -0.2) is 43.8 Å². The summed E-state index contributed by atoms with van der Waals surface area (Å²) in [5, 5.41) is 0. The van der Waals surface area contributed by atoms with Crippen LogP contribution >= 0.6 is 0 Å². The highest BCUT2D eigenvalue weighted by molar-refractivity contribution is 4.98. The molecule has 0 aromatic carbocycles. The third-order valence-electron chi connectivity index (χ3n) is 2.69. The summed E-state index contributed by atoms with van der Waals surface area (Å²) in [6.45, 7) is 2.80. The van der Waals surface area contributed by atoms with Crippen molar-refractivity contribution in [1.29, 1.82) is 0 Å². The van der Waals surface area contributed by atoms with Crippen LogP contribution in [0.15, 0.2) is 0 Å². The van der Waals surface area contributed by atoms with E-state index in [1.807, 2.05) is 0 Å². The zero-order chi connectivity index (χ0) is 7.14. The van der Waals surface area contributed by atoms with E-state index in [1.165, 1.54) is 0 Å². The number of fused-ring (bicyclic) bond motifs is 1. The predicted octanol–water partition coefficient (Wildman–Crippen LogP) is -0.726. The van der Waals surface area contributed by atoms with Crippen molar-refractivity contribution >= 4 is 0 Å². The predicted molar refractivity (Wildman–Crippen MR) is 38.7 cm³/mol. The molecule has 2 heterocycles. The fourth-order valence-electron chi connectivity index (χ4n) is 1.94. The lowest BCUT2D eigenvalue weighted by molar-refractivity contribution is -0.103. The van der Waals surface area contributed by atoms with E-state index in [4.69, 9.17) is 10.5 Å². The summed E-state index contributed by atoms with van der Waals surface area (Å²) >= 11 is 0. The standard InChI is InChI=1S/C7H14N2O/c1-9-3-5(2-8)7-6(9)4-10-7/h5-7H,2-4,8H2,1H3/t5?,6-,7-/m0/s1. The molecule has 2 fully saturated rings. The average molecular weight is 142 g/mol. The van der Waals surface area contributed by atoms with Gasteiger partial charge >= 0.3 is 0 Å². The normalized spacial score (nSPS) is 46.8. The monoisotopic (exact) mass is 142 g/mol. The zero-order valence-corrected chi connectivity index (χ0v) is 6.29. The Bertz CT molecular complexity index is 138. The second-order valence-corrected chi connectivity index (χ2v) is 3.30. The van der Waals surface area contributed by atoms with Gasteiger partial charge in [-0.05, 0) is 13.6 Å². The molecule has 10 heavy (non-hydrogen) atoms. The number of nitrogens with two attached hydrogens (primary N) is 1. The Morgan fingerprint density at radius 3 is 2.80 bits per heavy atom. The van der Waals surface area contributed by atoms with Crippen LogP contribution in [-0.2, 0) is 4.74 Å². The lowest BCUT2D eigenvalue weighted by atomic mass is 9.98. The molecule has 3 nitrogen and oxygen atoms in total. The molecule has 0 amide bonds. The zero-order valence-electron chi connectivity index (χ0n) is 6.29. The van der Waals surface area contributed by atoms with Crippen LogP contribution in [0.3, 0.4) is 0 Å². The molecule has 2 saturated heterocycles. The van der Waals surface area contributed by atoms with E-state index in [-0.39, 0.29) is 0 Å². The van der Waals surface area contributed by atoms with E-state index < -0.39 is 0 Å². The molecule has 2 rings (SSSR count). The summed E-state index contributed by atoms with van der Waals surface area (Å²) in [4.78, 5) is 2.35. The van der Waals surface area contributed by atoms with Gasteiger partial charge < -0.3 is 10.5 Å². The first kappa shape index (κ1) is 6.58. The van der Waals surface area contributed by atoms with Crippen LogP contribution in [0.1, 0.15) is 0 Å². The average Bonchev–Trinajstić information content (AvgIpc) is 2.02. The maximum atomic E-state index is 5.58. The van der Waals surface area contributed by atoms with Crippen LogP contribution in [0, 0.1) is 5.92 Å². The minimum absolute atomic E-state index is 0.454. The molecule has 0 radical (unpaired) electrons. The van der Waals surface area contributed by atoms with Gasteiger partial charge in [-0.15, -0.1) is 0 Å². The van der Waals surface area contributed by atoms with Gasteiger partial charge in [0.2, 0.25) is 0 Å². The van der Waals surface area contributed by atoms with Gasteiger partial charge in [-0.3, -0.25) is 4.90 Å². The quantitative estimate of drug-likeness (QED) is 0.525. The molecule has 0 aliphatic carbocycles. The van der Waals surface area contributed by atoms with Crippen LogP contribution in [0.2, 0.25) is 0 Å². The Morgan fingerprint density at radius 2 is 2.50 bits per heavy atom. The molecule has 2 aliphatic rings. The third kappa shape index (κ3) is 0.713. The Kier molecular flexibility index (Phi) is 1.44. The van der Waals surface area contributed by atoms with E-state index in [2.05, 4.69) is 11.9 Å². The second kappa shape index (κ2) is 2.19. The van der Waals surface area contributed by atoms with Gasteiger partial charge in [0.15, 0.2) is 0 Å². The molecule has 0 aromatic heterocycles. The van der Waals surface area contributed by atoms with Gasteiger partial charge in [0, 0.05) is 12.5 Å². The van der Waals surface area contributed by atoms with E-state index in [9.17, 15) is 0 Å². The number of rotatable bonds is 1. The maximum absolute atomic E-state index is 5.58. The molecule has 0 saturated carbocycles. The van der Waals surface area contributed by atoms with Crippen LogP contribution in [0.25, 0.3) is 0 Å². The summed E-state index contributed by atoms with van der Waals surface area (Å²) in [6, 6.07) is 0.675. The van der Waals surface area contributed by atoms with Gasteiger partial charge in [0.25, 0.3) is 0 Å². The number of hydrogen-bond acceptors (Lipinski definition) is 3. The summed E-state index contributed by atoms with van der Waals surface area (Å²) < 4.78 is 5.41. The van der Waals surface area contributed by atoms with Gasteiger partial charge in [-0.25, -0.2) is 0 Å². The number of hydrogen-bond donors (Lipinski definition) is 1. The number of ether oxygens (including phenoxy) is 1.